The van der Waals surface area contributed by atoms with Gasteiger partial charge in [-0.05, 0) is 42.5 Å². The van der Waals surface area contributed by atoms with Crippen molar-refractivity contribution < 1.29 is 4.42 Å². The Bertz CT molecular complexity index is 3800. The van der Waals surface area contributed by atoms with E-state index in [9.17, 15) is 0 Å². The van der Waals surface area contributed by atoms with Crippen LogP contribution in [0.2, 0.25) is 0 Å². The van der Waals surface area contributed by atoms with E-state index in [4.69, 9.17) is 61.5 Å². The van der Waals surface area contributed by atoms with E-state index in [0.717, 1.165) is 88.5 Å². The molecule has 0 amide bonds. The van der Waals surface area contributed by atoms with Crippen molar-refractivity contribution in [2.75, 3.05) is 0 Å². The summed E-state index contributed by atoms with van der Waals surface area (Å²) >= 11 is 0. The van der Waals surface area contributed by atoms with Crippen molar-refractivity contribution in [1.29, 1.82) is 0 Å². The number of fused-ring (bicyclic) bond motifs is 10. The largest absolute Gasteiger partial charge is 0.456 e. The minimum atomic E-state index is 0.392. The molecule has 0 spiro atoms. The second-order valence-electron chi connectivity index (χ2n) is 16.0. The van der Waals surface area contributed by atoms with E-state index in [0.29, 0.717) is 55.2 Å². The molecule has 0 aliphatic carbocycles. The van der Waals surface area contributed by atoms with Crippen molar-refractivity contribution in [3.63, 3.8) is 0 Å². The van der Waals surface area contributed by atoms with Crippen LogP contribution in [-0.2, 0) is 0 Å². The monoisotopic (exact) mass is 788 g/mol. The number of furan rings is 1. The Morgan fingerprint density at radius 3 is 1.59 bits per heavy atom. The Morgan fingerprint density at radius 1 is 0.397 bits per heavy atom. The lowest BCUT2D eigenvalue weighted by atomic mass is 9.74. The maximum atomic E-state index is 7.19. The lowest BCUT2D eigenvalue weighted by Crippen LogP contribution is -2.27. The van der Waals surface area contributed by atoms with Crippen molar-refractivity contribution in [3.8, 4) is 45.3 Å². The summed E-state index contributed by atoms with van der Waals surface area (Å²) in [6.07, 6.45) is 0. The molecule has 8 aromatic carbocycles. The Kier molecular flexibility index (Phi) is 8.36. The Hall–Kier alpha value is -7.37. The van der Waals surface area contributed by atoms with Crippen LogP contribution in [0.1, 0.15) is 0 Å². The van der Waals surface area contributed by atoms with Gasteiger partial charge in [0.25, 0.3) is 0 Å². The SMILES string of the molecule is [B]c1cc([B])c2c(c1)c1c([B])c([B])c3c4cc([B])cc([B])c4n(-c4cccc5oc6cc(-c7cc(-c8ccccc8)nc(-c8ccccc8)n7)ccc6c45)c3c1n2-c1ccccc1. The standard InChI is InChI=1S/C52H26B6N4O/c53-30-22-34-44-46(57)47(58)45-35-23-31(54)25-37(56)49(35)62(51(45)50(44)61(48(34)36(55)24-30)32-15-8-3-9-16-32)40-17-10-18-41-43(40)33-20-19-29(21-42(33)63-41)39-26-38(27-11-4-1-5-12-27)59-52(60-39)28-13-6-2-7-14-28/h1-26H. The van der Waals surface area contributed by atoms with Crippen molar-refractivity contribution in [2.24, 2.45) is 0 Å². The number of rotatable bonds is 5. The van der Waals surface area contributed by atoms with Gasteiger partial charge in [-0.2, -0.15) is 0 Å². The molecule has 0 aliphatic heterocycles. The zero-order chi connectivity index (χ0) is 42.7. The van der Waals surface area contributed by atoms with Gasteiger partial charge in [0.1, 0.15) is 58.2 Å². The van der Waals surface area contributed by atoms with Crippen molar-refractivity contribution in [3.05, 3.63) is 158 Å². The van der Waals surface area contributed by atoms with Crippen LogP contribution in [0.25, 0.3) is 111 Å². The molecule has 0 aliphatic rings. The zero-order valence-electron chi connectivity index (χ0n) is 33.7. The molecule has 0 N–H and O–H groups in total. The third-order valence-electron chi connectivity index (χ3n) is 12.1. The van der Waals surface area contributed by atoms with Crippen molar-refractivity contribution in [2.45, 2.75) is 0 Å². The number of hydrogen-bond acceptors (Lipinski definition) is 3. The average molecular weight is 788 g/mol. The molecule has 12 aromatic rings. The molecule has 12 rings (SSSR count). The van der Waals surface area contributed by atoms with Gasteiger partial charge in [-0.25, -0.2) is 9.97 Å². The maximum Gasteiger partial charge on any atom is 0.160 e. The van der Waals surface area contributed by atoms with Crippen LogP contribution >= 0.6 is 0 Å². The first-order valence-electron chi connectivity index (χ1n) is 20.5. The fraction of sp³-hybridized carbons (Fsp3) is 0. The molecule has 0 atom stereocenters. The normalized spacial score (nSPS) is 11.9. The fourth-order valence-electron chi connectivity index (χ4n) is 9.50. The van der Waals surface area contributed by atoms with Gasteiger partial charge in [0, 0.05) is 60.3 Å². The molecule has 0 saturated heterocycles. The summed E-state index contributed by atoms with van der Waals surface area (Å²) in [5, 5.41) is 4.73. The number of para-hydroxylation sites is 1. The number of benzene rings is 8. The van der Waals surface area contributed by atoms with Gasteiger partial charge >= 0.3 is 0 Å². The molecule has 278 valence electrons. The van der Waals surface area contributed by atoms with Gasteiger partial charge in [-0.3, -0.25) is 0 Å². The van der Waals surface area contributed by atoms with Crippen LogP contribution < -0.4 is 32.8 Å². The van der Waals surface area contributed by atoms with Gasteiger partial charge in [0.2, 0.25) is 0 Å². The highest BCUT2D eigenvalue weighted by Gasteiger charge is 2.27. The minimum absolute atomic E-state index is 0.392. The van der Waals surface area contributed by atoms with E-state index in [1.165, 1.54) is 0 Å². The van der Waals surface area contributed by atoms with Crippen molar-refractivity contribution >= 4 is 145 Å². The minimum Gasteiger partial charge on any atom is -0.456 e. The summed E-state index contributed by atoms with van der Waals surface area (Å²) < 4.78 is 11.1. The molecular formula is C52H26B6N4O. The van der Waals surface area contributed by atoms with Crippen LogP contribution in [0.5, 0.6) is 0 Å². The zero-order valence-corrected chi connectivity index (χ0v) is 33.7. The van der Waals surface area contributed by atoms with Crippen molar-refractivity contribution in [1.82, 2.24) is 19.1 Å². The first kappa shape index (κ1) is 37.4. The molecule has 63 heavy (non-hydrogen) atoms. The summed E-state index contributed by atoms with van der Waals surface area (Å²) in [4.78, 5) is 10.1. The molecule has 12 radical (unpaired) electrons. The molecule has 5 nitrogen and oxygen atoms in total. The Morgan fingerprint density at radius 2 is 0.952 bits per heavy atom. The number of nitrogens with zero attached hydrogens (tertiary/aromatic N) is 4. The third kappa shape index (κ3) is 5.65. The topological polar surface area (TPSA) is 48.8 Å². The predicted octanol–water partition coefficient (Wildman–Crippen LogP) is 6.33. The molecular weight excluding hydrogens is 761 g/mol. The Balaban J connectivity index is 1.18. The summed E-state index contributed by atoms with van der Waals surface area (Å²) in [6.45, 7) is 0. The maximum absolute atomic E-state index is 7.19. The first-order chi connectivity index (χ1) is 30.7. The molecule has 0 bridgehead atoms. The fourth-order valence-corrected chi connectivity index (χ4v) is 9.50. The predicted molar refractivity (Wildman–Crippen MR) is 267 cm³/mol. The van der Waals surface area contributed by atoms with Gasteiger partial charge < -0.3 is 13.6 Å². The Labute approximate surface area is 370 Å². The molecule has 11 heteroatoms. The highest BCUT2D eigenvalue weighted by Crippen LogP contribution is 2.43. The highest BCUT2D eigenvalue weighted by atomic mass is 16.3. The average Bonchev–Trinajstić information content (AvgIpc) is 3.97. The summed E-state index contributed by atoms with van der Waals surface area (Å²) in [6, 6.07) is 51.8. The number of aromatic nitrogens is 4. The van der Waals surface area contributed by atoms with E-state index in [-0.39, 0.29) is 0 Å². The quantitative estimate of drug-likeness (QED) is 0.192. The lowest BCUT2D eigenvalue weighted by Gasteiger charge is -2.16. The van der Waals surface area contributed by atoms with Crippen LogP contribution in [0.4, 0.5) is 0 Å². The first-order valence-corrected chi connectivity index (χ1v) is 20.5. The highest BCUT2D eigenvalue weighted by molar-refractivity contribution is 6.61. The van der Waals surface area contributed by atoms with E-state index in [2.05, 4.69) is 39.5 Å². The smallest absolute Gasteiger partial charge is 0.160 e. The van der Waals surface area contributed by atoms with E-state index in [1.54, 1.807) is 12.1 Å². The van der Waals surface area contributed by atoms with Crippen LogP contribution in [-0.4, -0.2) is 66.2 Å². The van der Waals surface area contributed by atoms with Gasteiger partial charge in [-0.1, -0.05) is 148 Å². The van der Waals surface area contributed by atoms with E-state index >= 15 is 0 Å². The molecule has 4 aromatic heterocycles. The van der Waals surface area contributed by atoms with Crippen LogP contribution in [0.15, 0.2) is 162 Å². The van der Waals surface area contributed by atoms with Gasteiger partial charge in [-0.15, -0.1) is 0 Å². The molecule has 0 unspecified atom stereocenters. The van der Waals surface area contributed by atoms with E-state index in [1.807, 2.05) is 115 Å². The van der Waals surface area contributed by atoms with E-state index < -0.39 is 0 Å². The van der Waals surface area contributed by atoms with Crippen LogP contribution in [0, 0.1) is 0 Å². The summed E-state index contributed by atoms with van der Waals surface area (Å²) in [5.74, 6) is 0.632. The van der Waals surface area contributed by atoms with Crippen LogP contribution in [0.3, 0.4) is 0 Å². The summed E-state index contributed by atoms with van der Waals surface area (Å²) in [7, 11) is 41.3. The lowest BCUT2D eigenvalue weighted by molar-refractivity contribution is 0.669. The second kappa shape index (κ2) is 14.1. The second-order valence-corrected chi connectivity index (χ2v) is 16.0. The summed E-state index contributed by atoms with van der Waals surface area (Å²) in [5.41, 5.74) is 13.2. The molecule has 4 heterocycles. The van der Waals surface area contributed by atoms with Gasteiger partial charge in [0.05, 0.1) is 33.5 Å². The molecule has 0 fully saturated rings. The van der Waals surface area contributed by atoms with Gasteiger partial charge in [0.15, 0.2) is 5.82 Å². The third-order valence-corrected chi connectivity index (χ3v) is 12.1. The number of hydrogen-bond donors (Lipinski definition) is 0. The molecule has 0 saturated carbocycles.